The molecular formula is C9H10F2N2O2. The average Bonchev–Trinajstić information content (AvgIpc) is 2.15. The Bertz CT molecular complexity index is 394. The van der Waals surface area contributed by atoms with Crippen LogP contribution in [0.5, 0.6) is 0 Å². The fraction of sp³-hybridized carbons (Fsp3) is 0.333. The summed E-state index contributed by atoms with van der Waals surface area (Å²) in [6.07, 6.45) is -2.70. The van der Waals surface area contributed by atoms with Gasteiger partial charge in [0.15, 0.2) is 0 Å². The first-order chi connectivity index (χ1) is 6.97. The molecule has 0 saturated heterocycles. The lowest BCUT2D eigenvalue weighted by molar-refractivity contribution is 0.0689. The van der Waals surface area contributed by atoms with Gasteiger partial charge in [0.05, 0.1) is 5.69 Å². The number of aromatic carboxylic acids is 1. The third kappa shape index (κ3) is 2.27. The molecule has 0 radical (unpaired) electrons. The lowest BCUT2D eigenvalue weighted by Crippen LogP contribution is -2.12. The van der Waals surface area contributed by atoms with Gasteiger partial charge in [0, 0.05) is 12.1 Å². The van der Waals surface area contributed by atoms with Crippen LogP contribution in [0.1, 0.15) is 33.7 Å². The number of alkyl halides is 2. The molecule has 0 aliphatic rings. The summed E-state index contributed by atoms with van der Waals surface area (Å²) in [6, 6.07) is 1.11. The second-order valence-electron chi connectivity index (χ2n) is 2.99. The van der Waals surface area contributed by atoms with Crippen molar-refractivity contribution in [3.05, 3.63) is 28.6 Å². The van der Waals surface area contributed by atoms with E-state index in [4.69, 9.17) is 10.8 Å². The van der Waals surface area contributed by atoms with Crippen LogP contribution in [0.15, 0.2) is 6.07 Å². The van der Waals surface area contributed by atoms with Crippen LogP contribution in [0, 0.1) is 6.92 Å². The molecule has 0 bridgehead atoms. The first-order valence-corrected chi connectivity index (χ1v) is 4.19. The maximum atomic E-state index is 12.6. The predicted molar refractivity (Wildman–Crippen MR) is 48.8 cm³/mol. The highest BCUT2D eigenvalue weighted by molar-refractivity contribution is 5.85. The highest BCUT2D eigenvalue weighted by Gasteiger charge is 2.19. The summed E-state index contributed by atoms with van der Waals surface area (Å²) in [5.74, 6) is -1.26. The molecule has 4 nitrogen and oxygen atoms in total. The number of aryl methyl sites for hydroxylation is 1. The second-order valence-corrected chi connectivity index (χ2v) is 2.99. The van der Waals surface area contributed by atoms with Crippen LogP contribution in [0.2, 0.25) is 0 Å². The molecular weight excluding hydrogens is 206 g/mol. The molecule has 0 spiro atoms. The van der Waals surface area contributed by atoms with Gasteiger partial charge in [-0.2, -0.15) is 0 Å². The van der Waals surface area contributed by atoms with Gasteiger partial charge in [0.1, 0.15) is 5.69 Å². The van der Waals surface area contributed by atoms with Crippen molar-refractivity contribution < 1.29 is 18.7 Å². The first kappa shape index (κ1) is 11.5. The van der Waals surface area contributed by atoms with Crippen molar-refractivity contribution in [1.29, 1.82) is 0 Å². The van der Waals surface area contributed by atoms with Gasteiger partial charge in [-0.25, -0.2) is 18.6 Å². The van der Waals surface area contributed by atoms with E-state index in [0.717, 1.165) is 6.07 Å². The van der Waals surface area contributed by atoms with E-state index in [1.807, 2.05) is 0 Å². The summed E-state index contributed by atoms with van der Waals surface area (Å²) in [5.41, 5.74) is 4.82. The number of aromatic nitrogens is 1. The van der Waals surface area contributed by atoms with Crippen LogP contribution in [0.3, 0.4) is 0 Å². The standard InChI is InChI=1S/C9H10F2N2O2/c1-4-2-5(9(14)15)13-6(3-12)7(4)8(10)11/h2,8H,3,12H2,1H3,(H,14,15). The van der Waals surface area contributed by atoms with Crippen molar-refractivity contribution in [1.82, 2.24) is 4.98 Å². The molecule has 82 valence electrons. The molecule has 15 heavy (non-hydrogen) atoms. The van der Waals surface area contributed by atoms with E-state index in [-0.39, 0.29) is 29.1 Å². The van der Waals surface area contributed by atoms with E-state index in [9.17, 15) is 13.6 Å². The zero-order valence-corrected chi connectivity index (χ0v) is 8.00. The van der Waals surface area contributed by atoms with Crippen LogP contribution in [-0.4, -0.2) is 16.1 Å². The zero-order valence-electron chi connectivity index (χ0n) is 8.00. The van der Waals surface area contributed by atoms with Crippen LogP contribution in [0.25, 0.3) is 0 Å². The predicted octanol–water partition coefficient (Wildman–Crippen LogP) is 1.48. The third-order valence-corrected chi connectivity index (χ3v) is 1.98. The molecule has 0 aromatic carbocycles. The molecule has 0 atom stereocenters. The molecule has 0 unspecified atom stereocenters. The molecule has 0 aliphatic heterocycles. The minimum atomic E-state index is -2.70. The fourth-order valence-corrected chi connectivity index (χ4v) is 1.31. The van der Waals surface area contributed by atoms with Crippen LogP contribution >= 0.6 is 0 Å². The van der Waals surface area contributed by atoms with E-state index in [2.05, 4.69) is 4.98 Å². The van der Waals surface area contributed by atoms with Crippen molar-refractivity contribution in [2.75, 3.05) is 0 Å². The van der Waals surface area contributed by atoms with Gasteiger partial charge < -0.3 is 10.8 Å². The zero-order chi connectivity index (χ0) is 11.6. The molecule has 0 saturated carbocycles. The lowest BCUT2D eigenvalue weighted by atomic mass is 10.1. The van der Waals surface area contributed by atoms with Crippen LogP contribution in [-0.2, 0) is 6.54 Å². The number of halogens is 2. The van der Waals surface area contributed by atoms with E-state index < -0.39 is 12.4 Å². The van der Waals surface area contributed by atoms with E-state index >= 15 is 0 Å². The Hall–Kier alpha value is -1.56. The van der Waals surface area contributed by atoms with Gasteiger partial charge in [-0.05, 0) is 18.6 Å². The monoisotopic (exact) mass is 216 g/mol. The summed E-state index contributed by atoms with van der Waals surface area (Å²) in [5, 5.41) is 8.67. The largest absolute Gasteiger partial charge is 0.477 e. The van der Waals surface area contributed by atoms with Gasteiger partial charge in [0.2, 0.25) is 0 Å². The number of carboxylic acids is 1. The van der Waals surface area contributed by atoms with Crippen LogP contribution < -0.4 is 5.73 Å². The number of carbonyl (C=O) groups is 1. The molecule has 6 heteroatoms. The molecule has 0 amide bonds. The summed E-state index contributed by atoms with van der Waals surface area (Å²) < 4.78 is 25.1. The van der Waals surface area contributed by atoms with Crippen molar-refractivity contribution in [3.8, 4) is 0 Å². The highest BCUT2D eigenvalue weighted by Crippen LogP contribution is 2.25. The molecule has 1 rings (SSSR count). The van der Waals surface area contributed by atoms with Gasteiger partial charge in [-0.15, -0.1) is 0 Å². The van der Waals surface area contributed by atoms with Gasteiger partial charge >= 0.3 is 5.97 Å². The Morgan fingerprint density at radius 2 is 2.27 bits per heavy atom. The van der Waals surface area contributed by atoms with Crippen molar-refractivity contribution in [2.45, 2.75) is 19.9 Å². The van der Waals surface area contributed by atoms with Gasteiger partial charge in [-0.3, -0.25) is 0 Å². The van der Waals surface area contributed by atoms with Crippen molar-refractivity contribution in [3.63, 3.8) is 0 Å². The number of hydrogen-bond acceptors (Lipinski definition) is 3. The molecule has 3 N–H and O–H groups in total. The lowest BCUT2D eigenvalue weighted by Gasteiger charge is -2.10. The number of rotatable bonds is 3. The third-order valence-electron chi connectivity index (χ3n) is 1.98. The Morgan fingerprint density at radius 1 is 1.67 bits per heavy atom. The highest BCUT2D eigenvalue weighted by atomic mass is 19.3. The maximum Gasteiger partial charge on any atom is 0.354 e. The quantitative estimate of drug-likeness (QED) is 0.802. The Kier molecular flexibility index (Phi) is 3.31. The first-order valence-electron chi connectivity index (χ1n) is 4.19. The van der Waals surface area contributed by atoms with Gasteiger partial charge in [0.25, 0.3) is 6.43 Å². The van der Waals surface area contributed by atoms with Crippen molar-refractivity contribution in [2.24, 2.45) is 5.73 Å². The number of carboxylic acid groups (broad SMARTS) is 1. The smallest absolute Gasteiger partial charge is 0.354 e. The molecule has 0 fully saturated rings. The van der Waals surface area contributed by atoms with Crippen molar-refractivity contribution >= 4 is 5.97 Å². The van der Waals surface area contributed by atoms with Gasteiger partial charge in [-0.1, -0.05) is 0 Å². The van der Waals surface area contributed by atoms with E-state index in [1.165, 1.54) is 6.92 Å². The second kappa shape index (κ2) is 4.31. The molecule has 1 aromatic heterocycles. The average molecular weight is 216 g/mol. The summed E-state index contributed by atoms with van der Waals surface area (Å²) in [6.45, 7) is 1.20. The Labute approximate surface area is 84.7 Å². The molecule has 0 aliphatic carbocycles. The Morgan fingerprint density at radius 3 is 2.67 bits per heavy atom. The topological polar surface area (TPSA) is 76.2 Å². The normalized spacial score (nSPS) is 10.7. The number of pyridine rings is 1. The maximum absolute atomic E-state index is 12.6. The SMILES string of the molecule is Cc1cc(C(=O)O)nc(CN)c1C(F)F. The van der Waals surface area contributed by atoms with E-state index in [0.29, 0.717) is 0 Å². The molecule has 1 heterocycles. The minimum absolute atomic E-state index is 0.0672. The minimum Gasteiger partial charge on any atom is -0.477 e. The summed E-state index contributed by atoms with van der Waals surface area (Å²) in [4.78, 5) is 14.2. The number of hydrogen-bond donors (Lipinski definition) is 2. The van der Waals surface area contributed by atoms with Crippen LogP contribution in [0.4, 0.5) is 8.78 Å². The number of nitrogens with two attached hydrogens (primary N) is 1. The Balaban J connectivity index is 3.37. The number of nitrogens with zero attached hydrogens (tertiary/aromatic N) is 1. The molecule has 1 aromatic rings. The summed E-state index contributed by atoms with van der Waals surface area (Å²) >= 11 is 0. The summed E-state index contributed by atoms with van der Waals surface area (Å²) in [7, 11) is 0. The van der Waals surface area contributed by atoms with E-state index in [1.54, 1.807) is 0 Å². The fourth-order valence-electron chi connectivity index (χ4n) is 1.31.